The number of benzene rings is 1. The van der Waals surface area contributed by atoms with Crippen molar-refractivity contribution in [2.45, 2.75) is 26.4 Å². The molecule has 0 radical (unpaired) electrons. The van der Waals surface area contributed by atoms with E-state index in [1.807, 2.05) is 78.0 Å². The first-order valence-electron chi connectivity index (χ1n) is 9.37. The molecule has 0 saturated carbocycles. The number of carbonyl (C=O) groups excluding carboxylic acids is 2. The van der Waals surface area contributed by atoms with Crippen LogP contribution in [0.2, 0.25) is 0 Å². The summed E-state index contributed by atoms with van der Waals surface area (Å²) in [4.78, 5) is 28.7. The molecule has 1 aliphatic heterocycles. The first-order chi connectivity index (χ1) is 12.9. The molecule has 1 saturated heterocycles. The Morgan fingerprint density at radius 1 is 1.00 bits per heavy atom. The van der Waals surface area contributed by atoms with E-state index in [2.05, 4.69) is 0 Å². The maximum atomic E-state index is 12.6. The molecule has 0 atom stereocenters. The Hall–Kier alpha value is -2.76. The molecule has 0 bridgehead atoms. The molecule has 1 aliphatic rings. The topological polar surface area (TPSA) is 54.8 Å². The summed E-state index contributed by atoms with van der Waals surface area (Å²) in [7, 11) is 1.90. The third-order valence-electron chi connectivity index (χ3n) is 4.65. The normalized spacial score (nSPS) is 14.5. The number of hydrogen-bond donors (Lipinski definition) is 0. The van der Waals surface area contributed by atoms with Gasteiger partial charge in [-0.15, -0.1) is 0 Å². The smallest absolute Gasteiger partial charge is 0.255 e. The Balaban J connectivity index is 1.50. The first-order valence-corrected chi connectivity index (χ1v) is 9.37. The number of ether oxygens (including phenoxy) is 1. The van der Waals surface area contributed by atoms with Gasteiger partial charge in [-0.3, -0.25) is 9.59 Å². The molecule has 0 spiro atoms. The fourth-order valence-electron chi connectivity index (χ4n) is 3.22. The molecule has 2 amide bonds. The fourth-order valence-corrected chi connectivity index (χ4v) is 3.22. The molecule has 2 aromatic rings. The molecule has 144 valence electrons. The zero-order valence-corrected chi connectivity index (χ0v) is 16.2. The second-order valence-corrected chi connectivity index (χ2v) is 7.23. The number of amides is 2. The van der Waals surface area contributed by atoms with Crippen molar-refractivity contribution in [3.05, 3.63) is 53.9 Å². The highest BCUT2D eigenvalue weighted by Gasteiger charge is 2.25. The maximum absolute atomic E-state index is 12.6. The monoisotopic (exact) mass is 369 g/mol. The van der Waals surface area contributed by atoms with Gasteiger partial charge >= 0.3 is 0 Å². The summed E-state index contributed by atoms with van der Waals surface area (Å²) in [5.74, 6) is 0.942. The number of aryl methyl sites for hydroxylation is 1. The molecule has 6 nitrogen and oxygen atoms in total. The Morgan fingerprint density at radius 2 is 1.63 bits per heavy atom. The fraction of sp³-hybridized carbons (Fsp3) is 0.429. The molecule has 27 heavy (non-hydrogen) atoms. The highest BCUT2D eigenvalue weighted by Crippen LogP contribution is 2.15. The van der Waals surface area contributed by atoms with Crippen molar-refractivity contribution in [2.24, 2.45) is 7.05 Å². The first kappa shape index (κ1) is 19.0. The van der Waals surface area contributed by atoms with E-state index in [9.17, 15) is 9.59 Å². The summed E-state index contributed by atoms with van der Waals surface area (Å²) in [6.07, 6.45) is 4.19. The van der Waals surface area contributed by atoms with Crippen LogP contribution in [0.3, 0.4) is 0 Å². The molecular formula is C21H27N3O3. The van der Waals surface area contributed by atoms with E-state index in [1.165, 1.54) is 0 Å². The molecule has 1 fully saturated rings. The number of nitrogens with zero attached hydrogens (tertiary/aromatic N) is 3. The van der Waals surface area contributed by atoms with E-state index in [-0.39, 0.29) is 17.9 Å². The molecule has 6 heteroatoms. The summed E-state index contributed by atoms with van der Waals surface area (Å²) in [6.45, 7) is 6.26. The second kappa shape index (κ2) is 8.29. The molecule has 1 aromatic heterocycles. The lowest BCUT2D eigenvalue weighted by atomic mass is 10.1. The Kier molecular flexibility index (Phi) is 5.84. The Labute approximate surface area is 160 Å². The zero-order chi connectivity index (χ0) is 19.4. The van der Waals surface area contributed by atoms with Gasteiger partial charge < -0.3 is 19.1 Å². The van der Waals surface area contributed by atoms with E-state index in [4.69, 9.17) is 4.74 Å². The third kappa shape index (κ3) is 4.90. The lowest BCUT2D eigenvalue weighted by Gasteiger charge is -2.34. The van der Waals surface area contributed by atoms with Crippen LogP contribution in [0, 0.1) is 0 Å². The van der Waals surface area contributed by atoms with Crippen molar-refractivity contribution in [2.75, 3.05) is 26.2 Å². The summed E-state index contributed by atoms with van der Waals surface area (Å²) in [6, 6.07) is 9.50. The van der Waals surface area contributed by atoms with Gasteiger partial charge in [-0.2, -0.15) is 0 Å². The van der Waals surface area contributed by atoms with Gasteiger partial charge in [0, 0.05) is 45.6 Å². The van der Waals surface area contributed by atoms with E-state index < -0.39 is 0 Å². The van der Waals surface area contributed by atoms with E-state index in [0.29, 0.717) is 38.2 Å². The quantitative estimate of drug-likeness (QED) is 0.813. The van der Waals surface area contributed by atoms with Crippen molar-refractivity contribution >= 4 is 11.8 Å². The molecule has 0 unspecified atom stereocenters. The number of carbonyl (C=O) groups is 2. The van der Waals surface area contributed by atoms with Crippen molar-refractivity contribution in [3.63, 3.8) is 0 Å². The van der Waals surface area contributed by atoms with Crippen LogP contribution >= 0.6 is 0 Å². The minimum Gasteiger partial charge on any atom is -0.491 e. The van der Waals surface area contributed by atoms with Crippen LogP contribution < -0.4 is 4.74 Å². The minimum atomic E-state index is 0.0310. The van der Waals surface area contributed by atoms with Gasteiger partial charge in [0.15, 0.2) is 0 Å². The van der Waals surface area contributed by atoms with Gasteiger partial charge in [0.05, 0.1) is 18.1 Å². The highest BCUT2D eigenvalue weighted by atomic mass is 16.5. The van der Waals surface area contributed by atoms with Crippen LogP contribution in [-0.2, 0) is 18.3 Å². The van der Waals surface area contributed by atoms with Crippen LogP contribution in [0.1, 0.15) is 29.8 Å². The predicted octanol–water partition coefficient (Wildman–Crippen LogP) is 2.34. The van der Waals surface area contributed by atoms with Crippen LogP contribution in [0.25, 0.3) is 0 Å². The summed E-state index contributed by atoms with van der Waals surface area (Å²) < 4.78 is 7.49. The van der Waals surface area contributed by atoms with Crippen LogP contribution in [-0.4, -0.2) is 58.5 Å². The standard InChI is InChI=1S/C21H27N3O3/c1-16(2)27-19-6-4-17(5-7-19)14-20(25)23-10-12-24(13-11-23)21(26)18-8-9-22(3)15-18/h4-9,15-16H,10-14H2,1-3H3. The Bertz CT molecular complexity index is 787. The van der Waals surface area contributed by atoms with E-state index >= 15 is 0 Å². The van der Waals surface area contributed by atoms with Crippen molar-refractivity contribution < 1.29 is 14.3 Å². The van der Waals surface area contributed by atoms with Gasteiger partial charge in [-0.1, -0.05) is 12.1 Å². The summed E-state index contributed by atoms with van der Waals surface area (Å²) >= 11 is 0. The molecule has 0 N–H and O–H groups in total. The zero-order valence-electron chi connectivity index (χ0n) is 16.2. The predicted molar refractivity (Wildman–Crippen MR) is 104 cm³/mol. The highest BCUT2D eigenvalue weighted by molar-refractivity contribution is 5.94. The SMILES string of the molecule is CC(C)Oc1ccc(CC(=O)N2CCN(C(=O)c3ccn(C)c3)CC2)cc1. The maximum Gasteiger partial charge on any atom is 0.255 e. The average molecular weight is 369 g/mol. The van der Waals surface area contributed by atoms with Crippen molar-refractivity contribution in [1.29, 1.82) is 0 Å². The van der Waals surface area contributed by atoms with Crippen LogP contribution in [0.15, 0.2) is 42.7 Å². The summed E-state index contributed by atoms with van der Waals surface area (Å²) in [5, 5.41) is 0. The lowest BCUT2D eigenvalue weighted by Crippen LogP contribution is -2.50. The largest absolute Gasteiger partial charge is 0.491 e. The van der Waals surface area contributed by atoms with Gasteiger partial charge in [0.1, 0.15) is 5.75 Å². The molecule has 2 heterocycles. The van der Waals surface area contributed by atoms with E-state index in [0.717, 1.165) is 11.3 Å². The van der Waals surface area contributed by atoms with E-state index in [1.54, 1.807) is 0 Å². The number of rotatable bonds is 5. The number of aromatic nitrogens is 1. The van der Waals surface area contributed by atoms with Gasteiger partial charge in [-0.25, -0.2) is 0 Å². The van der Waals surface area contributed by atoms with Gasteiger partial charge in [0.2, 0.25) is 5.91 Å². The van der Waals surface area contributed by atoms with Crippen LogP contribution in [0.5, 0.6) is 5.75 Å². The minimum absolute atomic E-state index is 0.0310. The third-order valence-corrected chi connectivity index (χ3v) is 4.65. The lowest BCUT2D eigenvalue weighted by molar-refractivity contribution is -0.131. The average Bonchev–Trinajstić information content (AvgIpc) is 3.09. The summed E-state index contributed by atoms with van der Waals surface area (Å²) in [5.41, 5.74) is 1.67. The number of piperazine rings is 1. The van der Waals surface area contributed by atoms with Gasteiger partial charge in [-0.05, 0) is 37.6 Å². The molecule has 0 aliphatic carbocycles. The Morgan fingerprint density at radius 3 is 2.19 bits per heavy atom. The number of hydrogen-bond acceptors (Lipinski definition) is 3. The molecule has 3 rings (SSSR count). The van der Waals surface area contributed by atoms with Crippen molar-refractivity contribution in [3.8, 4) is 5.75 Å². The second-order valence-electron chi connectivity index (χ2n) is 7.23. The van der Waals surface area contributed by atoms with Crippen molar-refractivity contribution in [1.82, 2.24) is 14.4 Å². The van der Waals surface area contributed by atoms with Gasteiger partial charge in [0.25, 0.3) is 5.91 Å². The van der Waals surface area contributed by atoms with Crippen LogP contribution in [0.4, 0.5) is 0 Å². The molecule has 1 aromatic carbocycles. The molecular weight excluding hydrogens is 342 g/mol.